The Hall–Kier alpha value is -2.13. The smallest absolute Gasteiger partial charge is 0.281 e. The van der Waals surface area contributed by atoms with E-state index < -0.39 is 15.9 Å². The van der Waals surface area contributed by atoms with Gasteiger partial charge in [0.25, 0.3) is 10.0 Å². The van der Waals surface area contributed by atoms with E-state index in [4.69, 9.17) is 11.6 Å². The highest BCUT2D eigenvalue weighted by Crippen LogP contribution is 2.23. The standard InChI is InChI=1S/C15H18ClN5O3S/c1-20-10-17-9-14(20)25(23,24)19-15(22)11-4-6-21(7-5-11)13-3-2-12(16)8-18-13/h2-3,8-11H,4-7H2,1H3,(H,19,22). The summed E-state index contributed by atoms with van der Waals surface area (Å²) in [5.41, 5.74) is 0. The molecule has 134 valence electrons. The number of nitrogens with one attached hydrogen (secondary N) is 1. The molecule has 3 heterocycles. The zero-order valence-corrected chi connectivity index (χ0v) is 15.2. The number of piperidine rings is 1. The second-order valence-corrected chi connectivity index (χ2v) is 7.97. The number of aromatic nitrogens is 3. The molecule has 1 aliphatic heterocycles. The second-order valence-electron chi connectivity index (χ2n) is 5.91. The van der Waals surface area contributed by atoms with Crippen LogP contribution >= 0.6 is 11.6 Å². The molecule has 0 atom stereocenters. The van der Waals surface area contributed by atoms with E-state index in [-0.39, 0.29) is 10.9 Å². The third kappa shape index (κ3) is 3.93. The van der Waals surface area contributed by atoms with Crippen LogP contribution in [0.1, 0.15) is 12.8 Å². The van der Waals surface area contributed by atoms with Gasteiger partial charge in [-0.2, -0.15) is 8.42 Å². The largest absolute Gasteiger partial charge is 0.357 e. The van der Waals surface area contributed by atoms with Gasteiger partial charge in [-0.1, -0.05) is 11.6 Å². The molecule has 1 fully saturated rings. The summed E-state index contributed by atoms with van der Waals surface area (Å²) in [6.07, 6.45) is 5.27. The first-order valence-electron chi connectivity index (χ1n) is 7.76. The Balaban J connectivity index is 1.60. The molecule has 1 N–H and O–H groups in total. The number of hydrogen-bond donors (Lipinski definition) is 1. The molecule has 0 aromatic carbocycles. The Morgan fingerprint density at radius 1 is 1.28 bits per heavy atom. The Morgan fingerprint density at radius 3 is 2.56 bits per heavy atom. The monoisotopic (exact) mass is 383 g/mol. The average Bonchev–Trinajstić information content (AvgIpc) is 3.02. The van der Waals surface area contributed by atoms with E-state index >= 15 is 0 Å². The first-order valence-corrected chi connectivity index (χ1v) is 9.62. The van der Waals surface area contributed by atoms with E-state index in [1.807, 2.05) is 6.07 Å². The predicted octanol–water partition coefficient (Wildman–Crippen LogP) is 1.19. The molecule has 10 heteroatoms. The van der Waals surface area contributed by atoms with Gasteiger partial charge in [-0.05, 0) is 25.0 Å². The minimum Gasteiger partial charge on any atom is -0.357 e. The summed E-state index contributed by atoms with van der Waals surface area (Å²) >= 11 is 5.83. The van der Waals surface area contributed by atoms with Crippen LogP contribution in [-0.4, -0.2) is 41.9 Å². The van der Waals surface area contributed by atoms with Crippen LogP contribution < -0.4 is 9.62 Å². The van der Waals surface area contributed by atoms with Crippen LogP contribution in [-0.2, 0) is 21.9 Å². The number of halogens is 1. The van der Waals surface area contributed by atoms with Crippen LogP contribution in [0.5, 0.6) is 0 Å². The van der Waals surface area contributed by atoms with Crippen molar-refractivity contribution in [2.24, 2.45) is 13.0 Å². The number of carbonyl (C=O) groups is 1. The molecule has 8 nitrogen and oxygen atoms in total. The lowest BCUT2D eigenvalue weighted by Gasteiger charge is -2.32. The number of pyridine rings is 1. The molecule has 1 saturated heterocycles. The van der Waals surface area contributed by atoms with Gasteiger partial charge in [0.15, 0.2) is 5.03 Å². The molecule has 0 bridgehead atoms. The minimum absolute atomic E-state index is 0.0383. The number of carbonyl (C=O) groups excluding carboxylic acids is 1. The van der Waals surface area contributed by atoms with Crippen molar-refractivity contribution >= 4 is 33.3 Å². The third-order valence-corrected chi connectivity index (χ3v) is 5.82. The highest BCUT2D eigenvalue weighted by atomic mass is 35.5. The van der Waals surface area contributed by atoms with Gasteiger partial charge in [-0.25, -0.2) is 14.7 Å². The van der Waals surface area contributed by atoms with Gasteiger partial charge in [0.05, 0.1) is 17.5 Å². The van der Waals surface area contributed by atoms with Crippen molar-refractivity contribution in [2.75, 3.05) is 18.0 Å². The van der Waals surface area contributed by atoms with E-state index in [1.165, 1.54) is 17.1 Å². The van der Waals surface area contributed by atoms with Crippen LogP contribution in [0.4, 0.5) is 5.82 Å². The topological polar surface area (TPSA) is 97.2 Å². The van der Waals surface area contributed by atoms with Crippen molar-refractivity contribution in [3.05, 3.63) is 35.9 Å². The minimum atomic E-state index is -3.91. The number of hydrogen-bond acceptors (Lipinski definition) is 6. The molecule has 2 aromatic rings. The number of imidazole rings is 1. The number of aryl methyl sites for hydroxylation is 1. The van der Waals surface area contributed by atoms with Gasteiger partial charge in [-0.3, -0.25) is 4.79 Å². The molecule has 0 radical (unpaired) electrons. The van der Waals surface area contributed by atoms with Gasteiger partial charge in [-0.15, -0.1) is 0 Å². The molecule has 0 saturated carbocycles. The molecule has 1 aliphatic rings. The Labute approximate surface area is 150 Å². The molecular formula is C15H18ClN5O3S. The van der Waals surface area contributed by atoms with Gasteiger partial charge in [0, 0.05) is 32.3 Å². The molecule has 0 aliphatic carbocycles. The Kier molecular flexibility index (Phi) is 4.96. The zero-order chi connectivity index (χ0) is 18.0. The Morgan fingerprint density at radius 2 is 2.00 bits per heavy atom. The lowest BCUT2D eigenvalue weighted by atomic mass is 9.96. The second kappa shape index (κ2) is 7.01. The van der Waals surface area contributed by atoms with Crippen LogP contribution in [0.15, 0.2) is 35.9 Å². The summed E-state index contributed by atoms with van der Waals surface area (Å²) in [7, 11) is -2.35. The molecule has 0 unspecified atom stereocenters. The quantitative estimate of drug-likeness (QED) is 0.851. The van der Waals surface area contributed by atoms with Gasteiger partial charge in [0.2, 0.25) is 5.91 Å². The third-order valence-electron chi connectivity index (χ3n) is 4.18. The molecular weight excluding hydrogens is 366 g/mol. The van der Waals surface area contributed by atoms with Crippen LogP contribution in [0.25, 0.3) is 0 Å². The predicted molar refractivity (Wildman–Crippen MR) is 92.7 cm³/mol. The van der Waals surface area contributed by atoms with Crippen molar-refractivity contribution in [1.82, 2.24) is 19.3 Å². The maximum atomic E-state index is 12.3. The SMILES string of the molecule is Cn1cncc1S(=O)(=O)NC(=O)C1CCN(c2ccc(Cl)cn2)CC1. The Bertz CT molecular complexity index is 858. The van der Waals surface area contributed by atoms with Crippen molar-refractivity contribution in [2.45, 2.75) is 17.9 Å². The molecule has 2 aromatic heterocycles. The summed E-state index contributed by atoms with van der Waals surface area (Å²) in [6.45, 7) is 1.25. The van der Waals surface area contributed by atoms with Crippen LogP contribution in [0.3, 0.4) is 0 Å². The first kappa shape index (κ1) is 17.7. The summed E-state index contributed by atoms with van der Waals surface area (Å²) in [4.78, 5) is 22.4. The fourth-order valence-corrected chi connectivity index (χ4v) is 4.07. The summed E-state index contributed by atoms with van der Waals surface area (Å²) in [6, 6.07) is 3.60. The van der Waals surface area contributed by atoms with E-state index in [0.717, 1.165) is 5.82 Å². The van der Waals surface area contributed by atoms with Gasteiger partial charge < -0.3 is 9.47 Å². The first-order chi connectivity index (χ1) is 11.9. The normalized spacial score (nSPS) is 16.0. The summed E-state index contributed by atoms with van der Waals surface area (Å²) in [5, 5.41) is 0.530. The fraction of sp³-hybridized carbons (Fsp3) is 0.400. The van der Waals surface area contributed by atoms with Crippen molar-refractivity contribution in [3.8, 4) is 0 Å². The van der Waals surface area contributed by atoms with Gasteiger partial charge >= 0.3 is 0 Å². The molecule has 1 amide bonds. The summed E-state index contributed by atoms with van der Waals surface area (Å²) < 4.78 is 28.0. The van der Waals surface area contributed by atoms with E-state index in [0.29, 0.717) is 31.0 Å². The lowest BCUT2D eigenvalue weighted by Crippen LogP contribution is -2.42. The van der Waals surface area contributed by atoms with E-state index in [9.17, 15) is 13.2 Å². The van der Waals surface area contributed by atoms with E-state index in [1.54, 1.807) is 19.3 Å². The molecule has 25 heavy (non-hydrogen) atoms. The maximum Gasteiger partial charge on any atom is 0.281 e. The van der Waals surface area contributed by atoms with Crippen molar-refractivity contribution in [1.29, 1.82) is 0 Å². The zero-order valence-electron chi connectivity index (χ0n) is 13.6. The number of amides is 1. The highest BCUT2D eigenvalue weighted by molar-refractivity contribution is 7.90. The van der Waals surface area contributed by atoms with Crippen molar-refractivity contribution in [3.63, 3.8) is 0 Å². The van der Waals surface area contributed by atoms with Crippen LogP contribution in [0, 0.1) is 5.92 Å². The number of anilines is 1. The summed E-state index contributed by atoms with van der Waals surface area (Å²) in [5.74, 6) is -0.0396. The number of sulfonamides is 1. The lowest BCUT2D eigenvalue weighted by molar-refractivity contribution is -0.123. The van der Waals surface area contributed by atoms with Crippen molar-refractivity contribution < 1.29 is 13.2 Å². The maximum absolute atomic E-state index is 12.3. The van der Waals surface area contributed by atoms with Gasteiger partial charge in [0.1, 0.15) is 5.82 Å². The number of nitrogens with zero attached hydrogens (tertiary/aromatic N) is 4. The molecule has 3 rings (SSSR count). The average molecular weight is 384 g/mol. The molecule has 0 spiro atoms. The van der Waals surface area contributed by atoms with Crippen LogP contribution in [0.2, 0.25) is 5.02 Å². The highest BCUT2D eigenvalue weighted by Gasteiger charge is 2.29. The fourth-order valence-electron chi connectivity index (χ4n) is 2.80. The number of rotatable bonds is 4. The van der Waals surface area contributed by atoms with E-state index in [2.05, 4.69) is 19.6 Å².